The first-order chi connectivity index (χ1) is 7.32. The number of halogens is 1. The first kappa shape index (κ1) is 10.3. The Kier molecular flexibility index (Phi) is 2.67. The molecule has 0 unspecified atom stereocenters. The summed E-state index contributed by atoms with van der Waals surface area (Å²) in [5.41, 5.74) is 2.74. The highest BCUT2D eigenvalue weighted by Crippen LogP contribution is 2.55. The Balaban J connectivity index is 2.16. The molecular formula is C11H12ClNS2. The molecule has 0 bridgehead atoms. The normalized spacial score (nSPS) is 23.0. The van der Waals surface area contributed by atoms with Crippen LogP contribution < -0.4 is 5.32 Å². The maximum Gasteiger partial charge on any atom is 0.100 e. The van der Waals surface area contributed by atoms with Crippen molar-refractivity contribution in [2.75, 3.05) is 18.1 Å². The summed E-state index contributed by atoms with van der Waals surface area (Å²) in [6.07, 6.45) is 0. The molecule has 1 aromatic carbocycles. The summed E-state index contributed by atoms with van der Waals surface area (Å²) >= 11 is 10.4. The highest BCUT2D eigenvalue weighted by molar-refractivity contribution is 8.20. The van der Waals surface area contributed by atoms with Crippen LogP contribution in [0.1, 0.15) is 11.1 Å². The van der Waals surface area contributed by atoms with Crippen molar-refractivity contribution in [2.24, 2.45) is 0 Å². The van der Waals surface area contributed by atoms with Crippen molar-refractivity contribution in [3.63, 3.8) is 0 Å². The Morgan fingerprint density at radius 2 is 2.07 bits per heavy atom. The molecule has 1 aromatic rings. The lowest BCUT2D eigenvalue weighted by molar-refractivity contribution is 0.612. The van der Waals surface area contributed by atoms with Crippen LogP contribution in [0.25, 0.3) is 0 Å². The van der Waals surface area contributed by atoms with Gasteiger partial charge in [-0.25, -0.2) is 0 Å². The third-order valence-corrected chi connectivity index (χ3v) is 6.63. The van der Waals surface area contributed by atoms with Crippen molar-refractivity contribution < 1.29 is 0 Å². The summed E-state index contributed by atoms with van der Waals surface area (Å²) in [6.45, 7) is 2.00. The molecule has 4 heteroatoms. The van der Waals surface area contributed by atoms with E-state index >= 15 is 0 Å². The number of nitrogens with one attached hydrogen (secondary N) is 1. The van der Waals surface area contributed by atoms with E-state index in [2.05, 4.69) is 11.4 Å². The molecule has 2 aliphatic rings. The van der Waals surface area contributed by atoms with Crippen LogP contribution in [-0.2, 0) is 10.6 Å². The molecule has 0 radical (unpaired) electrons. The van der Waals surface area contributed by atoms with Crippen molar-refractivity contribution in [3.8, 4) is 0 Å². The van der Waals surface area contributed by atoms with Crippen LogP contribution in [0.2, 0.25) is 5.02 Å². The Labute approximate surface area is 103 Å². The second-order valence-corrected chi connectivity index (χ2v) is 7.28. The largest absolute Gasteiger partial charge is 0.310 e. The molecule has 3 rings (SSSR count). The van der Waals surface area contributed by atoms with E-state index in [-0.39, 0.29) is 4.08 Å². The van der Waals surface area contributed by atoms with E-state index in [1.54, 1.807) is 0 Å². The van der Waals surface area contributed by atoms with Crippen LogP contribution in [0.3, 0.4) is 0 Å². The third-order valence-electron chi connectivity index (χ3n) is 2.91. The topological polar surface area (TPSA) is 12.0 Å². The van der Waals surface area contributed by atoms with Gasteiger partial charge < -0.3 is 5.32 Å². The number of rotatable bonds is 0. The standard InChI is InChI=1S/C11H12ClNS2/c12-9-3-1-2-8-6-13-7-11(10(8)9)14-4-5-15-11/h1-3,13H,4-7H2. The lowest BCUT2D eigenvalue weighted by Gasteiger charge is -2.35. The molecule has 1 N–H and O–H groups in total. The van der Waals surface area contributed by atoms with Crippen molar-refractivity contribution >= 4 is 35.1 Å². The van der Waals surface area contributed by atoms with Gasteiger partial charge in [0, 0.05) is 35.2 Å². The van der Waals surface area contributed by atoms with Gasteiger partial charge in [-0.3, -0.25) is 0 Å². The Morgan fingerprint density at radius 1 is 1.27 bits per heavy atom. The zero-order chi connectivity index (χ0) is 10.3. The fourth-order valence-electron chi connectivity index (χ4n) is 2.29. The first-order valence-corrected chi connectivity index (χ1v) is 7.43. The molecule has 0 saturated carbocycles. The fourth-order valence-corrected chi connectivity index (χ4v) is 6.10. The Bertz CT molecular complexity index is 388. The second-order valence-electron chi connectivity index (χ2n) is 3.83. The molecule has 15 heavy (non-hydrogen) atoms. The summed E-state index contributed by atoms with van der Waals surface area (Å²) < 4.78 is 0.186. The summed E-state index contributed by atoms with van der Waals surface area (Å²) in [5.74, 6) is 2.47. The molecule has 1 nitrogen and oxygen atoms in total. The van der Waals surface area contributed by atoms with Crippen LogP contribution in [0.4, 0.5) is 0 Å². The van der Waals surface area contributed by atoms with Crippen molar-refractivity contribution in [1.82, 2.24) is 5.32 Å². The van der Waals surface area contributed by atoms with Gasteiger partial charge in [0.2, 0.25) is 0 Å². The Morgan fingerprint density at radius 3 is 2.87 bits per heavy atom. The SMILES string of the molecule is Clc1cccc2c1C1(CNC2)SCCS1. The van der Waals surface area contributed by atoms with E-state index in [0.717, 1.165) is 18.1 Å². The molecule has 0 amide bonds. The average Bonchev–Trinajstić information content (AvgIpc) is 2.67. The quantitative estimate of drug-likeness (QED) is 0.767. The molecule has 0 aliphatic carbocycles. The van der Waals surface area contributed by atoms with Gasteiger partial charge in [-0.1, -0.05) is 23.7 Å². The number of benzene rings is 1. The Hall–Kier alpha value is 0.170. The van der Waals surface area contributed by atoms with Gasteiger partial charge in [-0.05, 0) is 11.6 Å². The zero-order valence-corrected chi connectivity index (χ0v) is 10.6. The molecule has 2 aliphatic heterocycles. The van der Waals surface area contributed by atoms with E-state index < -0.39 is 0 Å². The van der Waals surface area contributed by atoms with Crippen LogP contribution in [0, 0.1) is 0 Å². The van der Waals surface area contributed by atoms with E-state index in [0.29, 0.717) is 0 Å². The highest BCUT2D eigenvalue weighted by Gasteiger charge is 2.42. The average molecular weight is 258 g/mol. The summed E-state index contributed by atoms with van der Waals surface area (Å²) in [4.78, 5) is 0. The van der Waals surface area contributed by atoms with E-state index in [1.165, 1.54) is 22.6 Å². The molecule has 1 fully saturated rings. The minimum Gasteiger partial charge on any atom is -0.310 e. The maximum absolute atomic E-state index is 6.36. The van der Waals surface area contributed by atoms with Crippen molar-refractivity contribution in [1.29, 1.82) is 0 Å². The molecule has 0 atom stereocenters. The maximum atomic E-state index is 6.36. The molecule has 80 valence electrons. The predicted molar refractivity (Wildman–Crippen MR) is 69.8 cm³/mol. The third kappa shape index (κ3) is 1.60. The molecule has 2 heterocycles. The minimum atomic E-state index is 0.186. The molecule has 1 saturated heterocycles. The van der Waals surface area contributed by atoms with Gasteiger partial charge >= 0.3 is 0 Å². The zero-order valence-electron chi connectivity index (χ0n) is 8.25. The lowest BCUT2D eigenvalue weighted by Crippen LogP contribution is -2.37. The summed E-state index contributed by atoms with van der Waals surface area (Å²) in [6, 6.07) is 6.26. The van der Waals surface area contributed by atoms with Crippen LogP contribution in [-0.4, -0.2) is 18.1 Å². The van der Waals surface area contributed by atoms with Gasteiger partial charge in [-0.2, -0.15) is 0 Å². The van der Waals surface area contributed by atoms with Gasteiger partial charge in [-0.15, -0.1) is 23.5 Å². The van der Waals surface area contributed by atoms with E-state index in [4.69, 9.17) is 11.6 Å². The van der Waals surface area contributed by atoms with Gasteiger partial charge in [0.1, 0.15) is 4.08 Å². The van der Waals surface area contributed by atoms with E-state index in [9.17, 15) is 0 Å². The highest BCUT2D eigenvalue weighted by atomic mass is 35.5. The fraction of sp³-hybridized carbons (Fsp3) is 0.455. The van der Waals surface area contributed by atoms with Gasteiger partial charge in [0.15, 0.2) is 0 Å². The van der Waals surface area contributed by atoms with Gasteiger partial charge in [0.25, 0.3) is 0 Å². The number of fused-ring (bicyclic) bond motifs is 2. The summed E-state index contributed by atoms with van der Waals surface area (Å²) in [7, 11) is 0. The monoisotopic (exact) mass is 257 g/mol. The van der Waals surface area contributed by atoms with Crippen molar-refractivity contribution in [3.05, 3.63) is 34.3 Å². The van der Waals surface area contributed by atoms with Crippen molar-refractivity contribution in [2.45, 2.75) is 10.6 Å². The number of hydrogen-bond acceptors (Lipinski definition) is 3. The van der Waals surface area contributed by atoms with E-state index in [1.807, 2.05) is 35.7 Å². The van der Waals surface area contributed by atoms with Crippen LogP contribution in [0.5, 0.6) is 0 Å². The molecule has 1 spiro atoms. The molecule has 0 aromatic heterocycles. The second kappa shape index (κ2) is 3.88. The summed E-state index contributed by atoms with van der Waals surface area (Å²) in [5, 5.41) is 4.44. The van der Waals surface area contributed by atoms with Crippen LogP contribution >= 0.6 is 35.1 Å². The number of hydrogen-bond donors (Lipinski definition) is 1. The smallest absolute Gasteiger partial charge is 0.100 e. The minimum absolute atomic E-state index is 0.186. The predicted octanol–water partition coefficient (Wildman–Crippen LogP) is 3.08. The number of thioether (sulfide) groups is 2. The van der Waals surface area contributed by atoms with Crippen LogP contribution in [0.15, 0.2) is 18.2 Å². The molecular weight excluding hydrogens is 246 g/mol. The first-order valence-electron chi connectivity index (χ1n) is 5.08. The van der Waals surface area contributed by atoms with Gasteiger partial charge in [0.05, 0.1) is 0 Å². The lowest BCUT2D eigenvalue weighted by atomic mass is 10.0.